The second kappa shape index (κ2) is 7.24. The molecule has 1 amide bonds. The van der Waals surface area contributed by atoms with Crippen LogP contribution in [-0.4, -0.2) is 10.2 Å². The molecule has 3 rings (SSSR count). The summed E-state index contributed by atoms with van der Waals surface area (Å²) >= 11 is 30.7. The number of anilines is 1. The van der Waals surface area contributed by atoms with E-state index in [1.165, 1.54) is 16.7 Å². The van der Waals surface area contributed by atoms with E-state index in [9.17, 15) is 4.79 Å². The number of amides is 1. The van der Waals surface area contributed by atoms with Crippen LogP contribution in [0.2, 0.25) is 20.1 Å². The third-order valence-electron chi connectivity index (χ3n) is 3.23. The topological polar surface area (TPSA) is 20.3 Å². The van der Waals surface area contributed by atoms with Gasteiger partial charge in [0.1, 0.15) is 0 Å². The van der Waals surface area contributed by atoms with Crippen LogP contribution in [0.15, 0.2) is 41.3 Å². The van der Waals surface area contributed by atoms with Gasteiger partial charge in [0.25, 0.3) is 5.91 Å². The van der Waals surface area contributed by atoms with Crippen LogP contribution in [-0.2, 0) is 4.79 Å². The van der Waals surface area contributed by atoms with E-state index in [2.05, 4.69) is 0 Å². The molecule has 0 aliphatic carbocycles. The maximum atomic E-state index is 12.7. The Kier molecular flexibility index (Phi) is 5.45. The molecule has 0 bridgehead atoms. The van der Waals surface area contributed by atoms with E-state index < -0.39 is 0 Å². The Morgan fingerprint density at radius 1 is 0.958 bits per heavy atom. The first-order valence-electron chi connectivity index (χ1n) is 6.55. The zero-order valence-electron chi connectivity index (χ0n) is 11.7. The molecule has 0 radical (unpaired) electrons. The highest BCUT2D eigenvalue weighted by molar-refractivity contribution is 8.27. The molecule has 2 aromatic carbocycles. The normalized spacial score (nSPS) is 16.3. The highest BCUT2D eigenvalue weighted by Crippen LogP contribution is 2.39. The number of carbonyl (C=O) groups is 1. The van der Waals surface area contributed by atoms with Crippen LogP contribution in [0.4, 0.5) is 5.69 Å². The van der Waals surface area contributed by atoms with Crippen LogP contribution in [0, 0.1) is 0 Å². The lowest BCUT2D eigenvalue weighted by molar-refractivity contribution is -0.113. The number of rotatable bonds is 2. The monoisotopic (exact) mass is 433 g/mol. The van der Waals surface area contributed by atoms with Gasteiger partial charge in [-0.05, 0) is 36.4 Å². The Morgan fingerprint density at radius 2 is 1.62 bits per heavy atom. The molecule has 0 saturated carbocycles. The molecule has 24 heavy (non-hydrogen) atoms. The van der Waals surface area contributed by atoms with Crippen molar-refractivity contribution >= 4 is 92.4 Å². The summed E-state index contributed by atoms with van der Waals surface area (Å²) in [5, 5.41) is 1.68. The molecule has 1 fully saturated rings. The summed E-state index contributed by atoms with van der Waals surface area (Å²) in [6, 6.07) is 10.1. The first kappa shape index (κ1) is 18.1. The number of halogens is 4. The molecule has 2 nitrogen and oxygen atoms in total. The summed E-state index contributed by atoms with van der Waals surface area (Å²) in [6.45, 7) is 0. The minimum atomic E-state index is -0.264. The Labute approximate surface area is 168 Å². The van der Waals surface area contributed by atoms with E-state index in [1.54, 1.807) is 42.5 Å². The number of thioether (sulfide) groups is 1. The minimum Gasteiger partial charge on any atom is -0.268 e. The van der Waals surface area contributed by atoms with Crippen molar-refractivity contribution in [3.8, 4) is 0 Å². The molecule has 122 valence electrons. The Hall–Kier alpha value is -0.750. The van der Waals surface area contributed by atoms with E-state index in [0.29, 0.717) is 40.6 Å². The van der Waals surface area contributed by atoms with Crippen LogP contribution < -0.4 is 4.90 Å². The largest absolute Gasteiger partial charge is 0.270 e. The maximum Gasteiger partial charge on any atom is 0.270 e. The Bertz CT molecular complexity index is 877. The molecule has 0 aromatic heterocycles. The van der Waals surface area contributed by atoms with Gasteiger partial charge in [-0.15, -0.1) is 0 Å². The molecule has 8 heteroatoms. The molecule has 0 spiro atoms. The lowest BCUT2D eigenvalue weighted by Crippen LogP contribution is -2.27. The van der Waals surface area contributed by atoms with Crippen molar-refractivity contribution in [2.45, 2.75) is 0 Å². The second-order valence-corrected chi connectivity index (χ2v) is 8.06. The molecule has 0 N–H and O–H groups in total. The van der Waals surface area contributed by atoms with E-state index in [4.69, 9.17) is 58.6 Å². The maximum absolute atomic E-state index is 12.7. The summed E-state index contributed by atoms with van der Waals surface area (Å²) < 4.78 is 0.396. The molecular weight excluding hydrogens is 428 g/mol. The number of benzene rings is 2. The van der Waals surface area contributed by atoms with Crippen molar-refractivity contribution < 1.29 is 4.79 Å². The van der Waals surface area contributed by atoms with Crippen LogP contribution in [0.1, 0.15) is 5.56 Å². The van der Waals surface area contributed by atoms with Crippen molar-refractivity contribution in [1.82, 2.24) is 0 Å². The van der Waals surface area contributed by atoms with Gasteiger partial charge in [-0.2, -0.15) is 0 Å². The van der Waals surface area contributed by atoms with Crippen LogP contribution >= 0.6 is 70.4 Å². The lowest BCUT2D eigenvalue weighted by atomic mass is 10.2. The van der Waals surface area contributed by atoms with Gasteiger partial charge >= 0.3 is 0 Å². The first-order valence-corrected chi connectivity index (χ1v) is 9.29. The predicted octanol–water partition coefficient (Wildman–Crippen LogP) is 6.71. The zero-order chi connectivity index (χ0) is 17.4. The van der Waals surface area contributed by atoms with E-state index >= 15 is 0 Å². The third-order valence-corrected chi connectivity index (χ3v) is 5.93. The quantitative estimate of drug-likeness (QED) is 0.387. The molecule has 1 aliphatic rings. The summed E-state index contributed by atoms with van der Waals surface area (Å²) in [6.07, 6.45) is 1.64. The fourth-order valence-electron chi connectivity index (χ4n) is 2.09. The summed E-state index contributed by atoms with van der Waals surface area (Å²) in [4.78, 5) is 14.6. The van der Waals surface area contributed by atoms with Gasteiger partial charge in [-0.1, -0.05) is 76.4 Å². The van der Waals surface area contributed by atoms with Crippen molar-refractivity contribution in [3.05, 3.63) is 67.0 Å². The minimum absolute atomic E-state index is 0.264. The number of hydrogen-bond donors (Lipinski definition) is 0. The molecule has 0 unspecified atom stereocenters. The third kappa shape index (κ3) is 3.45. The highest BCUT2D eigenvalue weighted by Gasteiger charge is 2.33. The number of thiocarbonyl (C=S) groups is 1. The van der Waals surface area contributed by atoms with Crippen LogP contribution in [0.3, 0.4) is 0 Å². The molecule has 1 aliphatic heterocycles. The Balaban J connectivity index is 2.00. The molecule has 1 heterocycles. The predicted molar refractivity (Wildman–Crippen MR) is 109 cm³/mol. The van der Waals surface area contributed by atoms with Gasteiger partial charge in [0, 0.05) is 15.6 Å². The van der Waals surface area contributed by atoms with Gasteiger partial charge in [0.2, 0.25) is 0 Å². The van der Waals surface area contributed by atoms with Crippen LogP contribution in [0.5, 0.6) is 0 Å². The fraction of sp³-hybridized carbons (Fsp3) is 0. The second-order valence-electron chi connectivity index (χ2n) is 4.75. The van der Waals surface area contributed by atoms with E-state index in [-0.39, 0.29) is 5.91 Å². The number of nitrogens with zero attached hydrogens (tertiary/aromatic N) is 1. The van der Waals surface area contributed by atoms with Crippen molar-refractivity contribution in [3.63, 3.8) is 0 Å². The van der Waals surface area contributed by atoms with E-state index in [1.807, 2.05) is 0 Å². The average molecular weight is 435 g/mol. The Morgan fingerprint density at radius 3 is 2.25 bits per heavy atom. The SMILES string of the molecule is O=C1/C(=C/c2c(Cl)cccc2Cl)SC(=S)N1c1ccc(Cl)c(Cl)c1. The molecule has 2 aromatic rings. The van der Waals surface area contributed by atoms with Crippen molar-refractivity contribution in [1.29, 1.82) is 0 Å². The highest BCUT2D eigenvalue weighted by atomic mass is 35.5. The van der Waals surface area contributed by atoms with Crippen molar-refractivity contribution in [2.75, 3.05) is 4.90 Å². The zero-order valence-corrected chi connectivity index (χ0v) is 16.4. The van der Waals surface area contributed by atoms with Crippen molar-refractivity contribution in [2.24, 2.45) is 0 Å². The van der Waals surface area contributed by atoms with Crippen LogP contribution in [0.25, 0.3) is 6.08 Å². The van der Waals surface area contributed by atoms with Gasteiger partial charge in [-0.25, -0.2) is 0 Å². The lowest BCUT2D eigenvalue weighted by Gasteiger charge is -2.15. The molecule has 0 atom stereocenters. The first-order chi connectivity index (χ1) is 11.4. The summed E-state index contributed by atoms with van der Waals surface area (Å²) in [7, 11) is 0. The average Bonchev–Trinajstić information content (AvgIpc) is 2.80. The van der Waals surface area contributed by atoms with E-state index in [0.717, 1.165) is 0 Å². The standard InChI is InChI=1S/C16H7Cl4NOS2/c17-10-2-1-3-11(18)9(10)7-14-15(22)21(16(23)24-14)8-4-5-12(19)13(20)6-8/h1-7H/b14-7-. The molecular formula is C16H7Cl4NOS2. The summed E-state index contributed by atoms with van der Waals surface area (Å²) in [5.74, 6) is -0.264. The van der Waals surface area contributed by atoms with Gasteiger partial charge < -0.3 is 0 Å². The molecule has 1 saturated heterocycles. The number of carbonyl (C=O) groups excluding carboxylic acids is 1. The fourth-order valence-corrected chi connectivity index (χ4v) is 4.17. The van der Waals surface area contributed by atoms with Gasteiger partial charge in [0.15, 0.2) is 4.32 Å². The van der Waals surface area contributed by atoms with Gasteiger partial charge in [-0.3, -0.25) is 9.69 Å². The summed E-state index contributed by atoms with van der Waals surface area (Å²) in [5.41, 5.74) is 1.14. The number of hydrogen-bond acceptors (Lipinski definition) is 3. The smallest absolute Gasteiger partial charge is 0.268 e. The van der Waals surface area contributed by atoms with Gasteiger partial charge in [0.05, 0.1) is 20.6 Å².